The molecule has 1 aromatic rings. The van der Waals surface area contributed by atoms with E-state index >= 15 is 0 Å². The molecule has 4 rings (SSSR count). The zero-order valence-electron chi connectivity index (χ0n) is 18.2. The van der Waals surface area contributed by atoms with E-state index in [1.807, 2.05) is 11.6 Å². The molecule has 2 heterocycles. The molecule has 31 heavy (non-hydrogen) atoms. The molecule has 0 radical (unpaired) electrons. The van der Waals surface area contributed by atoms with Gasteiger partial charge in [0.2, 0.25) is 11.6 Å². The number of nitrogens with one attached hydrogen (secondary N) is 2. The van der Waals surface area contributed by atoms with Crippen molar-refractivity contribution < 1.29 is 23.9 Å². The van der Waals surface area contributed by atoms with Crippen molar-refractivity contribution in [1.82, 2.24) is 15.2 Å². The van der Waals surface area contributed by atoms with Crippen LogP contribution in [-0.4, -0.2) is 48.5 Å². The summed E-state index contributed by atoms with van der Waals surface area (Å²) in [4.78, 5) is 38.4. The number of hydrogen-bond acceptors (Lipinski definition) is 7. The van der Waals surface area contributed by atoms with Crippen LogP contribution in [0.5, 0.6) is 0 Å². The largest absolute Gasteiger partial charge is 0.445 e. The second-order valence-corrected chi connectivity index (χ2v) is 8.49. The highest BCUT2D eigenvalue weighted by Gasteiger charge is 2.45. The normalized spacial score (nSPS) is 23.7. The maximum atomic E-state index is 13.6. The number of likely N-dealkylation sites (N-methyl/N-ethyl adjacent to an activating group) is 1. The number of amides is 1. The van der Waals surface area contributed by atoms with Gasteiger partial charge in [0.25, 0.3) is 0 Å². The molecule has 4 N–H and O–H groups in total. The molecule has 9 heteroatoms. The van der Waals surface area contributed by atoms with Gasteiger partial charge < -0.3 is 30.4 Å². The first kappa shape index (κ1) is 21.6. The van der Waals surface area contributed by atoms with Crippen molar-refractivity contribution in [2.45, 2.75) is 70.4 Å². The Balaban J connectivity index is 1.80. The predicted octanol–water partition coefficient (Wildman–Crippen LogP) is 1.95. The average molecular weight is 431 g/mol. The highest BCUT2D eigenvalue weighted by atomic mass is 16.5. The van der Waals surface area contributed by atoms with Crippen molar-refractivity contribution in [1.29, 1.82) is 0 Å². The topological polar surface area (TPSA) is 125 Å². The minimum atomic E-state index is -0.937. The first-order chi connectivity index (χ1) is 14.9. The maximum Gasteiger partial charge on any atom is 0.404 e. The Morgan fingerprint density at radius 2 is 1.90 bits per heavy atom. The van der Waals surface area contributed by atoms with Gasteiger partial charge >= 0.3 is 6.09 Å². The molecule has 0 aromatic carbocycles. The standard InChI is InChI=1S/C22H30N4O5/c1-11-16(25-12-7-5-4-6-8-12)20(28)15-13(10-31-22(23)29)17-21(30-3)14(24-2)9-26(17)18(15)19(11)27/h12,14,21,24-25H,4-10H2,1-3H3,(H2,23,29)/t14-,21-/m0/s1. The van der Waals surface area contributed by atoms with E-state index in [0.29, 0.717) is 40.3 Å². The number of Topliss-reactive ketones (excluding diaryl/α,β-unsaturated/α-hetero) is 2. The van der Waals surface area contributed by atoms with Crippen LogP contribution < -0.4 is 16.4 Å². The molecule has 168 valence electrons. The van der Waals surface area contributed by atoms with Gasteiger partial charge in [0.1, 0.15) is 18.4 Å². The Labute approximate surface area is 181 Å². The molecule has 0 unspecified atom stereocenters. The lowest BCUT2D eigenvalue weighted by Gasteiger charge is -2.28. The Hall–Kier alpha value is -2.65. The van der Waals surface area contributed by atoms with E-state index in [1.165, 1.54) is 6.42 Å². The number of carbonyl (C=O) groups excluding carboxylic acids is 3. The van der Waals surface area contributed by atoms with Crippen LogP contribution in [0.15, 0.2) is 11.3 Å². The quantitative estimate of drug-likeness (QED) is 0.630. The van der Waals surface area contributed by atoms with Gasteiger partial charge in [-0.25, -0.2) is 4.79 Å². The van der Waals surface area contributed by atoms with Crippen molar-refractivity contribution in [3.8, 4) is 0 Å². The summed E-state index contributed by atoms with van der Waals surface area (Å²) in [6, 6.07) is 0.101. The minimum Gasteiger partial charge on any atom is -0.445 e. The number of fused-ring (bicyclic) bond motifs is 3. The smallest absolute Gasteiger partial charge is 0.404 e. The summed E-state index contributed by atoms with van der Waals surface area (Å²) in [5.74, 6) is -0.426. The summed E-state index contributed by atoms with van der Waals surface area (Å²) in [6.07, 6.45) is 4.03. The van der Waals surface area contributed by atoms with Gasteiger partial charge in [0.05, 0.1) is 23.0 Å². The number of allylic oxidation sites excluding steroid dienone is 2. The number of carbonyl (C=O) groups is 3. The fourth-order valence-electron chi connectivity index (χ4n) is 5.19. The van der Waals surface area contributed by atoms with Crippen LogP contribution in [-0.2, 0) is 22.6 Å². The van der Waals surface area contributed by atoms with E-state index in [-0.39, 0.29) is 30.3 Å². The van der Waals surface area contributed by atoms with Crippen LogP contribution in [0.3, 0.4) is 0 Å². The molecule has 1 amide bonds. The van der Waals surface area contributed by atoms with Crippen molar-refractivity contribution in [3.63, 3.8) is 0 Å². The van der Waals surface area contributed by atoms with Gasteiger partial charge in [0, 0.05) is 30.8 Å². The lowest BCUT2D eigenvalue weighted by molar-refractivity contribution is 0.0783. The summed E-state index contributed by atoms with van der Waals surface area (Å²) in [5, 5.41) is 6.55. The van der Waals surface area contributed by atoms with Crippen LogP contribution >= 0.6 is 0 Å². The predicted molar refractivity (Wildman–Crippen MR) is 113 cm³/mol. The lowest BCUT2D eigenvalue weighted by atomic mass is 9.88. The molecule has 0 bridgehead atoms. The van der Waals surface area contributed by atoms with Gasteiger partial charge in [-0.15, -0.1) is 0 Å². The molecule has 1 fully saturated rings. The number of rotatable bonds is 6. The SMILES string of the molecule is CN[C@H]1Cn2c3c(c(COC(N)=O)c2[C@H]1OC)C(=O)C(NC1CCCCC1)=C(C)C3=O. The highest BCUT2D eigenvalue weighted by Crippen LogP contribution is 2.41. The summed E-state index contributed by atoms with van der Waals surface area (Å²) in [5.41, 5.74) is 7.79. The fraction of sp³-hybridized carbons (Fsp3) is 0.591. The number of methoxy groups -OCH3 is 1. The number of nitrogens with two attached hydrogens (primary N) is 1. The molecule has 3 aliphatic rings. The molecule has 0 saturated heterocycles. The lowest BCUT2D eigenvalue weighted by Crippen LogP contribution is -2.38. The molecular weight excluding hydrogens is 400 g/mol. The number of ketones is 2. The summed E-state index contributed by atoms with van der Waals surface area (Å²) >= 11 is 0. The number of hydrogen-bond donors (Lipinski definition) is 3. The Morgan fingerprint density at radius 3 is 2.52 bits per heavy atom. The van der Waals surface area contributed by atoms with Gasteiger partial charge in [-0.3, -0.25) is 9.59 Å². The zero-order chi connectivity index (χ0) is 22.3. The van der Waals surface area contributed by atoms with Crippen LogP contribution in [0.25, 0.3) is 0 Å². The van der Waals surface area contributed by atoms with E-state index in [9.17, 15) is 14.4 Å². The van der Waals surface area contributed by atoms with Crippen molar-refractivity contribution >= 4 is 17.7 Å². The van der Waals surface area contributed by atoms with E-state index in [4.69, 9.17) is 15.2 Å². The molecule has 1 aromatic heterocycles. The van der Waals surface area contributed by atoms with Crippen LogP contribution in [0, 0.1) is 0 Å². The third kappa shape index (κ3) is 3.55. The molecule has 2 atom stereocenters. The Bertz CT molecular complexity index is 958. The number of primary amides is 1. The van der Waals surface area contributed by atoms with Crippen LogP contribution in [0.1, 0.15) is 77.2 Å². The fourth-order valence-corrected chi connectivity index (χ4v) is 5.19. The van der Waals surface area contributed by atoms with Crippen molar-refractivity contribution in [2.24, 2.45) is 5.73 Å². The van der Waals surface area contributed by atoms with E-state index in [1.54, 1.807) is 14.0 Å². The molecule has 1 saturated carbocycles. The molecule has 0 spiro atoms. The third-order valence-corrected chi connectivity index (χ3v) is 6.74. The van der Waals surface area contributed by atoms with Crippen molar-refractivity contribution in [2.75, 3.05) is 14.2 Å². The Kier molecular flexibility index (Phi) is 5.90. The van der Waals surface area contributed by atoms with E-state index in [0.717, 1.165) is 25.7 Å². The van der Waals surface area contributed by atoms with Crippen molar-refractivity contribution in [3.05, 3.63) is 33.8 Å². The molecule has 1 aliphatic heterocycles. The maximum absolute atomic E-state index is 13.6. The van der Waals surface area contributed by atoms with Crippen LogP contribution in [0.4, 0.5) is 4.79 Å². The highest BCUT2D eigenvalue weighted by molar-refractivity contribution is 6.26. The average Bonchev–Trinajstić information content (AvgIpc) is 3.28. The van der Waals surface area contributed by atoms with E-state index in [2.05, 4.69) is 10.6 Å². The van der Waals surface area contributed by atoms with Crippen LogP contribution in [0.2, 0.25) is 0 Å². The summed E-state index contributed by atoms with van der Waals surface area (Å²) in [7, 11) is 3.40. The van der Waals surface area contributed by atoms with Gasteiger partial charge in [-0.2, -0.15) is 0 Å². The number of nitrogens with zero attached hydrogens (tertiary/aromatic N) is 1. The first-order valence-corrected chi connectivity index (χ1v) is 10.8. The zero-order valence-corrected chi connectivity index (χ0v) is 18.2. The number of aromatic nitrogens is 1. The van der Waals surface area contributed by atoms with E-state index < -0.39 is 12.2 Å². The molecule has 2 aliphatic carbocycles. The Morgan fingerprint density at radius 1 is 1.19 bits per heavy atom. The van der Waals surface area contributed by atoms with Gasteiger partial charge in [0.15, 0.2) is 0 Å². The summed E-state index contributed by atoms with van der Waals surface area (Å²) < 4.78 is 12.6. The second kappa shape index (κ2) is 8.47. The molecular formula is C22H30N4O5. The first-order valence-electron chi connectivity index (χ1n) is 10.8. The summed E-state index contributed by atoms with van der Waals surface area (Å²) in [6.45, 7) is 1.98. The second-order valence-electron chi connectivity index (χ2n) is 8.49. The molecule has 9 nitrogen and oxygen atoms in total. The monoisotopic (exact) mass is 430 g/mol. The third-order valence-electron chi connectivity index (χ3n) is 6.74. The number of ether oxygens (including phenoxy) is 2. The minimum absolute atomic E-state index is 0.0772. The van der Waals surface area contributed by atoms with Gasteiger partial charge in [-0.1, -0.05) is 19.3 Å². The van der Waals surface area contributed by atoms with Gasteiger partial charge in [-0.05, 0) is 26.8 Å².